The molecule has 3 heterocycles. The summed E-state index contributed by atoms with van der Waals surface area (Å²) in [6.45, 7) is 10.9. The number of hydrogen-bond acceptors (Lipinski definition) is 5. The van der Waals surface area contributed by atoms with E-state index in [9.17, 15) is 18.0 Å². The highest BCUT2D eigenvalue weighted by atomic mass is 19.4. The van der Waals surface area contributed by atoms with Crippen LogP contribution in [0.3, 0.4) is 0 Å². The number of fused-ring (bicyclic) bond motifs is 1. The van der Waals surface area contributed by atoms with Gasteiger partial charge < -0.3 is 23.8 Å². The maximum absolute atomic E-state index is 12.5. The summed E-state index contributed by atoms with van der Waals surface area (Å²) in [5.41, 5.74) is 2.58. The van der Waals surface area contributed by atoms with E-state index >= 15 is 0 Å². The van der Waals surface area contributed by atoms with E-state index in [1.54, 1.807) is 37.4 Å². The van der Waals surface area contributed by atoms with Crippen molar-refractivity contribution in [2.24, 2.45) is 13.0 Å². The Hall–Kier alpha value is -3.58. The molecule has 0 N–H and O–H groups in total. The molecule has 178 valence electrons. The van der Waals surface area contributed by atoms with E-state index in [4.69, 9.17) is 11.3 Å². The molecule has 0 unspecified atom stereocenters. The highest BCUT2D eigenvalue weighted by Crippen LogP contribution is 2.31. The normalized spacial score (nSPS) is 18.6. The Morgan fingerprint density at radius 2 is 1.94 bits per heavy atom. The van der Waals surface area contributed by atoms with Crippen molar-refractivity contribution in [1.82, 2.24) is 9.55 Å². The standard InChI is InChI=1S/C24H23F3N4O3/c1-15-13-31(19-12-22(32)30(3)18-8-9-21(28-2)29-23(18)19)11-10-20(15)33-14-16-4-6-17(7-5-16)34-24(25,26)27/h4-9,12,15,20H,10-11,13-14H2,1,3H3/t15-,20+/m1/s1. The third-order valence-corrected chi connectivity index (χ3v) is 5.96. The number of ether oxygens (including phenoxy) is 2. The summed E-state index contributed by atoms with van der Waals surface area (Å²) >= 11 is 0. The fourth-order valence-electron chi connectivity index (χ4n) is 4.19. The lowest BCUT2D eigenvalue weighted by atomic mass is 9.95. The zero-order chi connectivity index (χ0) is 24.5. The molecule has 1 saturated heterocycles. The first-order valence-corrected chi connectivity index (χ1v) is 10.7. The molecule has 1 fully saturated rings. The van der Waals surface area contributed by atoms with Gasteiger partial charge >= 0.3 is 6.36 Å². The summed E-state index contributed by atoms with van der Waals surface area (Å²) in [7, 11) is 1.68. The van der Waals surface area contributed by atoms with E-state index in [1.807, 2.05) is 0 Å². The third kappa shape index (κ3) is 5.15. The third-order valence-electron chi connectivity index (χ3n) is 5.96. The number of nitrogens with zero attached hydrogens (tertiary/aromatic N) is 4. The van der Waals surface area contributed by atoms with Crippen molar-refractivity contribution in [1.29, 1.82) is 0 Å². The Kier molecular flexibility index (Phi) is 6.48. The molecule has 7 nitrogen and oxygen atoms in total. The minimum Gasteiger partial charge on any atom is -0.406 e. The quantitative estimate of drug-likeness (QED) is 0.499. The van der Waals surface area contributed by atoms with Crippen LogP contribution in [0, 0.1) is 12.5 Å². The molecule has 2 aromatic heterocycles. The molecule has 0 saturated carbocycles. The van der Waals surface area contributed by atoms with Crippen molar-refractivity contribution in [3.8, 4) is 5.75 Å². The van der Waals surface area contributed by atoms with Crippen LogP contribution in [-0.2, 0) is 18.4 Å². The predicted molar refractivity (Wildman–Crippen MR) is 121 cm³/mol. The van der Waals surface area contributed by atoms with Crippen LogP contribution in [0.1, 0.15) is 18.9 Å². The first-order chi connectivity index (χ1) is 16.1. The molecule has 0 radical (unpaired) electrons. The number of alkyl halides is 3. The predicted octanol–water partition coefficient (Wildman–Crippen LogP) is 4.81. The number of anilines is 1. The van der Waals surface area contributed by atoms with Crippen LogP contribution in [0.15, 0.2) is 47.3 Å². The number of aromatic nitrogens is 2. The van der Waals surface area contributed by atoms with E-state index in [0.29, 0.717) is 36.2 Å². The number of pyridine rings is 2. The van der Waals surface area contributed by atoms with Gasteiger partial charge in [-0.15, -0.1) is 18.2 Å². The highest BCUT2D eigenvalue weighted by Gasteiger charge is 2.31. The van der Waals surface area contributed by atoms with Crippen molar-refractivity contribution < 1.29 is 22.6 Å². The van der Waals surface area contributed by atoms with Gasteiger partial charge in [-0.25, -0.2) is 0 Å². The molecule has 0 bridgehead atoms. The van der Waals surface area contributed by atoms with Gasteiger partial charge in [0.05, 0.1) is 23.9 Å². The Morgan fingerprint density at radius 3 is 2.59 bits per heavy atom. The van der Waals surface area contributed by atoms with Crippen molar-refractivity contribution in [3.63, 3.8) is 0 Å². The van der Waals surface area contributed by atoms with Crippen LogP contribution >= 0.6 is 0 Å². The van der Waals surface area contributed by atoms with E-state index in [1.165, 1.54) is 16.7 Å². The Bertz CT molecular complexity index is 1280. The molecule has 1 aliphatic heterocycles. The maximum Gasteiger partial charge on any atom is 0.573 e. The van der Waals surface area contributed by atoms with Gasteiger partial charge in [0.15, 0.2) is 0 Å². The summed E-state index contributed by atoms with van der Waals surface area (Å²) in [4.78, 5) is 22.5. The van der Waals surface area contributed by atoms with Gasteiger partial charge in [0, 0.05) is 26.2 Å². The minimum atomic E-state index is -4.72. The Balaban J connectivity index is 1.44. The molecule has 1 aliphatic rings. The Labute approximate surface area is 194 Å². The lowest BCUT2D eigenvalue weighted by Gasteiger charge is -2.38. The van der Waals surface area contributed by atoms with E-state index in [2.05, 4.69) is 26.4 Å². The number of halogens is 3. The van der Waals surface area contributed by atoms with Gasteiger partial charge in [0.2, 0.25) is 5.52 Å². The van der Waals surface area contributed by atoms with Gasteiger partial charge in [-0.05, 0) is 42.2 Å². The van der Waals surface area contributed by atoms with Gasteiger partial charge in [0.1, 0.15) is 5.75 Å². The maximum atomic E-state index is 12.5. The lowest BCUT2D eigenvalue weighted by molar-refractivity contribution is -0.274. The van der Waals surface area contributed by atoms with E-state index in [0.717, 1.165) is 5.56 Å². The summed E-state index contributed by atoms with van der Waals surface area (Å²) in [5, 5.41) is 0. The molecule has 3 aromatic rings. The molecule has 0 spiro atoms. The number of rotatable bonds is 5. The van der Waals surface area contributed by atoms with Gasteiger partial charge in [-0.1, -0.05) is 25.6 Å². The fraction of sp³-hybridized carbons (Fsp3) is 0.375. The summed E-state index contributed by atoms with van der Waals surface area (Å²) < 4.78 is 48.4. The molecule has 10 heteroatoms. The second kappa shape index (κ2) is 9.35. The monoisotopic (exact) mass is 472 g/mol. The van der Waals surface area contributed by atoms with Crippen LogP contribution < -0.4 is 15.2 Å². The van der Waals surface area contributed by atoms with Crippen molar-refractivity contribution in [3.05, 3.63) is 69.8 Å². The van der Waals surface area contributed by atoms with E-state index in [-0.39, 0.29) is 35.8 Å². The zero-order valence-electron chi connectivity index (χ0n) is 18.7. The summed E-state index contributed by atoms with van der Waals surface area (Å²) in [6, 6.07) is 10.5. The number of aryl methyl sites for hydroxylation is 1. The number of hydrogen-bond donors (Lipinski definition) is 0. The van der Waals surface area contributed by atoms with Crippen LogP contribution in [0.2, 0.25) is 0 Å². The van der Waals surface area contributed by atoms with Gasteiger partial charge in [0.25, 0.3) is 11.4 Å². The SMILES string of the molecule is [C-]#[N+]c1ccc2c(n1)c(N1CC[C@H](OCc3ccc(OC(F)(F)F)cc3)[C@H](C)C1)cc(=O)n2C. The summed E-state index contributed by atoms with van der Waals surface area (Å²) in [6.07, 6.45) is -4.06. The molecule has 2 atom stereocenters. The van der Waals surface area contributed by atoms with Gasteiger partial charge in [-0.3, -0.25) is 4.79 Å². The smallest absolute Gasteiger partial charge is 0.406 e. The van der Waals surface area contributed by atoms with Crippen LogP contribution in [0.5, 0.6) is 5.75 Å². The van der Waals surface area contributed by atoms with Crippen LogP contribution in [0.25, 0.3) is 15.9 Å². The summed E-state index contributed by atoms with van der Waals surface area (Å²) in [5.74, 6) is 0.129. The minimum absolute atomic E-state index is 0.0491. The average Bonchev–Trinajstić information content (AvgIpc) is 2.80. The second-order valence-corrected chi connectivity index (χ2v) is 8.33. The molecule has 0 aliphatic carbocycles. The molecule has 4 rings (SSSR count). The average molecular weight is 472 g/mol. The lowest BCUT2D eigenvalue weighted by Crippen LogP contribution is -2.43. The Morgan fingerprint density at radius 1 is 1.21 bits per heavy atom. The first kappa shape index (κ1) is 23.6. The van der Waals surface area contributed by atoms with Crippen LogP contribution in [0.4, 0.5) is 24.7 Å². The fourth-order valence-corrected chi connectivity index (χ4v) is 4.19. The van der Waals surface area contributed by atoms with Crippen molar-refractivity contribution in [2.45, 2.75) is 32.4 Å². The first-order valence-electron chi connectivity index (χ1n) is 10.7. The molecular formula is C24H23F3N4O3. The zero-order valence-corrected chi connectivity index (χ0v) is 18.7. The van der Waals surface area contributed by atoms with Crippen molar-refractivity contribution >= 4 is 22.5 Å². The van der Waals surface area contributed by atoms with Crippen LogP contribution in [-0.4, -0.2) is 35.1 Å². The molecule has 0 amide bonds. The largest absolute Gasteiger partial charge is 0.573 e. The second-order valence-electron chi connectivity index (χ2n) is 8.33. The van der Waals surface area contributed by atoms with Crippen molar-refractivity contribution in [2.75, 3.05) is 18.0 Å². The molecular weight excluding hydrogens is 449 g/mol. The number of benzene rings is 1. The number of piperidine rings is 1. The molecule has 1 aromatic carbocycles. The van der Waals surface area contributed by atoms with E-state index < -0.39 is 6.36 Å². The highest BCUT2D eigenvalue weighted by molar-refractivity contribution is 5.89. The van der Waals surface area contributed by atoms with Gasteiger partial charge in [-0.2, -0.15) is 0 Å². The molecule has 34 heavy (non-hydrogen) atoms. The topological polar surface area (TPSA) is 61.0 Å².